The van der Waals surface area contributed by atoms with Gasteiger partial charge in [0.05, 0.1) is 36.2 Å². The van der Waals surface area contributed by atoms with Gasteiger partial charge in [0.15, 0.2) is 5.65 Å². The van der Waals surface area contributed by atoms with E-state index in [4.69, 9.17) is 9.47 Å². The first-order valence-electron chi connectivity index (χ1n) is 15.0. The van der Waals surface area contributed by atoms with Crippen LogP contribution in [0, 0.1) is 0 Å². The monoisotopic (exact) mass is 658 g/mol. The number of aromatic hydroxyl groups is 1. The molecule has 0 unspecified atom stereocenters. The third kappa shape index (κ3) is 6.46. The second-order valence-electron chi connectivity index (χ2n) is 11.1. The molecule has 0 atom stereocenters. The van der Waals surface area contributed by atoms with E-state index in [0.717, 1.165) is 33.3 Å². The molecule has 2 N–H and O–H groups in total. The summed E-state index contributed by atoms with van der Waals surface area (Å²) in [6.07, 6.45) is 7.59. The number of pyridine rings is 2. The molecule has 3 aromatic carbocycles. The minimum Gasteiger partial charge on any atom is -0.506 e. The second kappa shape index (κ2) is 13.0. The topological polar surface area (TPSA) is 141 Å². The van der Waals surface area contributed by atoms with Crippen LogP contribution in [0.2, 0.25) is 0 Å². The third-order valence-electron chi connectivity index (χ3n) is 7.82. The van der Waals surface area contributed by atoms with E-state index in [-0.39, 0.29) is 23.7 Å². The Morgan fingerprint density at radius 1 is 0.833 bits per heavy atom. The van der Waals surface area contributed by atoms with Crippen molar-refractivity contribution in [3.8, 4) is 28.4 Å². The highest BCUT2D eigenvalue weighted by Gasteiger charge is 2.24. The quantitative estimate of drug-likeness (QED) is 0.162. The van der Waals surface area contributed by atoms with E-state index in [1.165, 1.54) is 16.5 Å². The summed E-state index contributed by atoms with van der Waals surface area (Å²) in [7, 11) is -2.26. The van der Waals surface area contributed by atoms with Crippen molar-refractivity contribution < 1.29 is 23.0 Å². The molecule has 0 aliphatic carbocycles. The molecular formula is C36H30N6O5S. The fourth-order valence-corrected chi connectivity index (χ4v) is 6.88. The lowest BCUT2D eigenvalue weighted by atomic mass is 10.0. The van der Waals surface area contributed by atoms with Crippen molar-refractivity contribution in [2.24, 2.45) is 0 Å². The molecule has 0 aliphatic rings. The van der Waals surface area contributed by atoms with Crippen molar-refractivity contribution >= 4 is 37.8 Å². The van der Waals surface area contributed by atoms with Gasteiger partial charge in [0, 0.05) is 29.9 Å². The summed E-state index contributed by atoms with van der Waals surface area (Å²) in [5.41, 5.74) is 4.71. The lowest BCUT2D eigenvalue weighted by Crippen LogP contribution is -2.14. The summed E-state index contributed by atoms with van der Waals surface area (Å²) in [5.74, 6) is 1.62. The molecule has 7 rings (SSSR count). The number of ether oxygens (including phenoxy) is 2. The predicted molar refractivity (Wildman–Crippen MR) is 183 cm³/mol. The van der Waals surface area contributed by atoms with E-state index >= 15 is 0 Å². The summed E-state index contributed by atoms with van der Waals surface area (Å²) in [5, 5.41) is 14.5. The van der Waals surface area contributed by atoms with Gasteiger partial charge in [-0.05, 0) is 58.7 Å². The van der Waals surface area contributed by atoms with Gasteiger partial charge in [-0.2, -0.15) is 0 Å². The molecule has 0 radical (unpaired) electrons. The summed E-state index contributed by atoms with van der Waals surface area (Å²) in [6.45, 7) is 0.635. The Bertz CT molecular complexity index is 2350. The number of fused-ring (bicyclic) bond motifs is 2. The molecule has 0 bridgehead atoms. The predicted octanol–water partition coefficient (Wildman–Crippen LogP) is 6.32. The van der Waals surface area contributed by atoms with E-state index in [9.17, 15) is 13.5 Å². The first-order chi connectivity index (χ1) is 23.4. The van der Waals surface area contributed by atoms with Crippen molar-refractivity contribution in [3.63, 3.8) is 0 Å². The molecule has 12 heteroatoms. The van der Waals surface area contributed by atoms with Crippen molar-refractivity contribution in [2.45, 2.75) is 18.9 Å². The van der Waals surface area contributed by atoms with Crippen LogP contribution < -0.4 is 14.8 Å². The first kappa shape index (κ1) is 30.6. The molecule has 11 nitrogen and oxygen atoms in total. The minimum absolute atomic E-state index is 0.0399. The first-order valence-corrected chi connectivity index (χ1v) is 16.6. The molecule has 0 spiro atoms. The highest BCUT2D eigenvalue weighted by Crippen LogP contribution is 2.37. The fraction of sp³-hybridized carbons (Fsp3) is 0.111. The lowest BCUT2D eigenvalue weighted by Gasteiger charge is -2.10. The average molecular weight is 659 g/mol. The number of hydrogen-bond acceptors (Lipinski definition) is 10. The van der Waals surface area contributed by atoms with Gasteiger partial charge in [-0.3, -0.25) is 9.97 Å². The highest BCUT2D eigenvalue weighted by atomic mass is 32.2. The number of nitrogens with one attached hydrogen (secondary N) is 1. The third-order valence-corrected chi connectivity index (χ3v) is 9.39. The van der Waals surface area contributed by atoms with E-state index in [1.54, 1.807) is 43.9 Å². The van der Waals surface area contributed by atoms with Gasteiger partial charge in [-0.1, -0.05) is 48.5 Å². The van der Waals surface area contributed by atoms with Crippen LogP contribution in [-0.4, -0.2) is 44.5 Å². The normalized spacial score (nSPS) is 11.5. The van der Waals surface area contributed by atoms with Gasteiger partial charge in [0.25, 0.3) is 0 Å². The summed E-state index contributed by atoms with van der Waals surface area (Å²) >= 11 is 0. The van der Waals surface area contributed by atoms with E-state index in [1.807, 2.05) is 66.7 Å². The highest BCUT2D eigenvalue weighted by molar-refractivity contribution is 7.89. The van der Waals surface area contributed by atoms with Crippen molar-refractivity contribution in [2.75, 3.05) is 12.4 Å². The number of anilines is 1. The molecule has 4 heterocycles. The summed E-state index contributed by atoms with van der Waals surface area (Å²) in [6, 6.07) is 25.9. The molecule has 0 amide bonds. The molecule has 4 aromatic heterocycles. The average Bonchev–Trinajstić information content (AvgIpc) is 3.52. The maximum absolute atomic E-state index is 13.9. The van der Waals surface area contributed by atoms with Gasteiger partial charge in [-0.15, -0.1) is 0 Å². The Kier molecular flexibility index (Phi) is 8.30. The molecule has 0 saturated carbocycles. The van der Waals surface area contributed by atoms with Crippen LogP contribution in [0.3, 0.4) is 0 Å². The standard InChI is InChI=1S/C36H30N6O5S/c1-46-30-10-7-24(8-11-30)21-47-31-15-28-14-27(9-12-33(28)38-19-31)32-20-42(48(44,45)22-25-5-3-2-4-6-25)36-34(32)35(40-23-41-36)39-17-26-13-29(43)18-37-16-26/h2-16,18-20,23,43H,17,21-22H2,1H3,(H,39,40,41). The zero-order valence-corrected chi connectivity index (χ0v) is 26.6. The Morgan fingerprint density at radius 2 is 1.67 bits per heavy atom. The van der Waals surface area contributed by atoms with Crippen LogP contribution in [0.4, 0.5) is 5.82 Å². The number of hydrogen-bond donors (Lipinski definition) is 2. The van der Waals surface area contributed by atoms with Gasteiger partial charge < -0.3 is 19.9 Å². The number of nitrogens with zero attached hydrogens (tertiary/aromatic N) is 5. The Labute approximate surface area is 276 Å². The maximum atomic E-state index is 13.9. The Balaban J connectivity index is 1.28. The van der Waals surface area contributed by atoms with E-state index in [0.29, 0.717) is 34.7 Å². The number of aromatic nitrogens is 5. The molecule has 48 heavy (non-hydrogen) atoms. The van der Waals surface area contributed by atoms with Crippen molar-refractivity contribution in [1.29, 1.82) is 0 Å². The number of methoxy groups -OCH3 is 1. The van der Waals surface area contributed by atoms with Crippen LogP contribution in [0.5, 0.6) is 17.2 Å². The zero-order chi connectivity index (χ0) is 33.1. The van der Waals surface area contributed by atoms with Gasteiger partial charge in [-0.25, -0.2) is 22.4 Å². The van der Waals surface area contributed by atoms with E-state index in [2.05, 4.69) is 25.3 Å². The van der Waals surface area contributed by atoms with Gasteiger partial charge in [0.2, 0.25) is 10.0 Å². The molecule has 0 saturated heterocycles. The molecule has 0 aliphatic heterocycles. The van der Waals surface area contributed by atoms with Crippen LogP contribution in [-0.2, 0) is 28.9 Å². The molecular weight excluding hydrogens is 629 g/mol. The van der Waals surface area contributed by atoms with Gasteiger partial charge in [0.1, 0.15) is 36.0 Å². The van der Waals surface area contributed by atoms with Crippen molar-refractivity contribution in [1.82, 2.24) is 23.9 Å². The van der Waals surface area contributed by atoms with Crippen LogP contribution in [0.15, 0.2) is 116 Å². The second-order valence-corrected chi connectivity index (χ2v) is 13.0. The van der Waals surface area contributed by atoms with E-state index < -0.39 is 10.0 Å². The SMILES string of the molecule is COc1ccc(COc2cnc3ccc(-c4cn(S(=O)(=O)Cc5ccccc5)c5ncnc(NCc6cncc(O)c6)c45)cc3c2)cc1. The largest absolute Gasteiger partial charge is 0.506 e. The fourth-order valence-electron chi connectivity index (χ4n) is 5.46. The summed E-state index contributed by atoms with van der Waals surface area (Å²) in [4.78, 5) is 17.6. The lowest BCUT2D eigenvalue weighted by molar-refractivity contribution is 0.305. The maximum Gasteiger partial charge on any atom is 0.244 e. The van der Waals surface area contributed by atoms with Crippen molar-refractivity contribution in [3.05, 3.63) is 133 Å². The Morgan fingerprint density at radius 3 is 2.46 bits per heavy atom. The van der Waals surface area contributed by atoms with Crippen LogP contribution >= 0.6 is 0 Å². The summed E-state index contributed by atoms with van der Waals surface area (Å²) < 4.78 is 40.3. The molecule has 7 aromatic rings. The minimum atomic E-state index is -3.89. The zero-order valence-electron chi connectivity index (χ0n) is 25.8. The molecule has 0 fully saturated rings. The van der Waals surface area contributed by atoms with Gasteiger partial charge >= 0.3 is 0 Å². The number of rotatable bonds is 11. The van der Waals surface area contributed by atoms with Crippen LogP contribution in [0.25, 0.3) is 33.1 Å². The number of benzene rings is 3. The Hall–Kier alpha value is -6.01. The smallest absolute Gasteiger partial charge is 0.244 e. The molecule has 240 valence electrons. The van der Waals surface area contributed by atoms with Crippen LogP contribution in [0.1, 0.15) is 16.7 Å².